The number of carbonyl (C=O) groups is 1. The van der Waals surface area contributed by atoms with E-state index in [1.165, 1.54) is 25.7 Å². The van der Waals surface area contributed by atoms with Gasteiger partial charge in [0.1, 0.15) is 11.9 Å². The van der Waals surface area contributed by atoms with Gasteiger partial charge in [-0.05, 0) is 30.0 Å². The van der Waals surface area contributed by atoms with Gasteiger partial charge in [0.25, 0.3) is 0 Å². The number of nitrogens with one attached hydrogen (secondary N) is 1. The zero-order valence-electron chi connectivity index (χ0n) is 12.7. The van der Waals surface area contributed by atoms with Gasteiger partial charge in [0.05, 0.1) is 13.7 Å². The van der Waals surface area contributed by atoms with Gasteiger partial charge in [0.2, 0.25) is 5.91 Å². The van der Waals surface area contributed by atoms with Gasteiger partial charge in [0.15, 0.2) is 0 Å². The van der Waals surface area contributed by atoms with Crippen LogP contribution in [0.15, 0.2) is 24.3 Å². The molecule has 0 aromatic heterocycles. The number of methoxy groups -OCH3 is 1. The standard InChI is InChI=1S/C17H24N2O2/c1-21-15-8-6-14(7-9-15)17-18-12-16(20)19(17)11-10-13-4-2-3-5-13/h6-9,13,17-18H,2-5,10-12H2,1H3. The minimum atomic E-state index is 0.0183. The summed E-state index contributed by atoms with van der Waals surface area (Å²) >= 11 is 0. The van der Waals surface area contributed by atoms with Crippen molar-refractivity contribution >= 4 is 5.91 Å². The Labute approximate surface area is 126 Å². The maximum Gasteiger partial charge on any atom is 0.238 e. The zero-order valence-corrected chi connectivity index (χ0v) is 12.7. The highest BCUT2D eigenvalue weighted by Gasteiger charge is 2.31. The summed E-state index contributed by atoms with van der Waals surface area (Å²) in [6.07, 6.45) is 6.55. The summed E-state index contributed by atoms with van der Waals surface area (Å²) in [5, 5.41) is 3.32. The number of hydrogen-bond donors (Lipinski definition) is 1. The molecule has 0 radical (unpaired) electrons. The minimum Gasteiger partial charge on any atom is -0.497 e. The molecule has 1 aliphatic heterocycles. The van der Waals surface area contributed by atoms with Crippen molar-refractivity contribution in [2.24, 2.45) is 5.92 Å². The fraction of sp³-hybridized carbons (Fsp3) is 0.588. The number of carbonyl (C=O) groups excluding carboxylic acids is 1. The molecule has 1 aliphatic carbocycles. The van der Waals surface area contributed by atoms with E-state index in [-0.39, 0.29) is 12.1 Å². The Morgan fingerprint density at radius 3 is 2.62 bits per heavy atom. The van der Waals surface area contributed by atoms with E-state index in [4.69, 9.17) is 4.74 Å². The molecule has 1 amide bonds. The summed E-state index contributed by atoms with van der Waals surface area (Å²) in [5.74, 6) is 1.88. The van der Waals surface area contributed by atoms with Crippen LogP contribution in [0.1, 0.15) is 43.8 Å². The lowest BCUT2D eigenvalue weighted by molar-refractivity contribution is -0.128. The van der Waals surface area contributed by atoms with Gasteiger partial charge in [-0.2, -0.15) is 0 Å². The molecule has 3 rings (SSSR count). The lowest BCUT2D eigenvalue weighted by Gasteiger charge is -2.26. The van der Waals surface area contributed by atoms with Gasteiger partial charge in [-0.3, -0.25) is 10.1 Å². The van der Waals surface area contributed by atoms with Crippen LogP contribution in [-0.2, 0) is 4.79 Å². The van der Waals surface area contributed by atoms with E-state index < -0.39 is 0 Å². The van der Waals surface area contributed by atoms with Crippen LogP contribution in [0.3, 0.4) is 0 Å². The molecule has 114 valence electrons. The first-order valence-corrected chi connectivity index (χ1v) is 7.95. The lowest BCUT2D eigenvalue weighted by atomic mass is 10.0. The fourth-order valence-electron chi connectivity index (χ4n) is 3.50. The highest BCUT2D eigenvalue weighted by molar-refractivity contribution is 5.80. The molecule has 4 heteroatoms. The molecule has 1 N–H and O–H groups in total. The number of ether oxygens (including phenoxy) is 1. The monoisotopic (exact) mass is 288 g/mol. The first kappa shape index (κ1) is 14.4. The maximum atomic E-state index is 12.1. The number of benzene rings is 1. The molecule has 2 aliphatic rings. The summed E-state index contributed by atoms with van der Waals surface area (Å²) in [4.78, 5) is 14.1. The molecule has 1 unspecified atom stereocenters. The predicted octanol–water partition coefficient (Wildman–Crippen LogP) is 2.71. The van der Waals surface area contributed by atoms with Crippen LogP contribution in [0.5, 0.6) is 5.75 Å². The van der Waals surface area contributed by atoms with Crippen molar-refractivity contribution in [3.8, 4) is 5.75 Å². The molecule has 0 bridgehead atoms. The second kappa shape index (κ2) is 6.48. The Bertz CT molecular complexity index is 480. The third kappa shape index (κ3) is 3.21. The number of nitrogens with zero attached hydrogens (tertiary/aromatic N) is 1. The Hall–Kier alpha value is -1.55. The maximum absolute atomic E-state index is 12.1. The molecule has 1 aromatic carbocycles. The molecule has 4 nitrogen and oxygen atoms in total. The van der Waals surface area contributed by atoms with Gasteiger partial charge in [-0.1, -0.05) is 37.8 Å². The summed E-state index contributed by atoms with van der Waals surface area (Å²) < 4.78 is 5.19. The molecule has 1 aromatic rings. The van der Waals surface area contributed by atoms with Crippen LogP contribution in [0, 0.1) is 5.92 Å². The molecule has 1 atom stereocenters. The number of amides is 1. The second-order valence-corrected chi connectivity index (χ2v) is 6.08. The van der Waals surface area contributed by atoms with Crippen LogP contribution in [0.4, 0.5) is 0 Å². The second-order valence-electron chi connectivity index (χ2n) is 6.08. The quantitative estimate of drug-likeness (QED) is 0.906. The highest BCUT2D eigenvalue weighted by Crippen LogP contribution is 2.30. The summed E-state index contributed by atoms with van der Waals surface area (Å²) in [6, 6.07) is 7.99. The van der Waals surface area contributed by atoms with Crippen molar-refractivity contribution in [2.75, 3.05) is 20.2 Å². The average Bonchev–Trinajstić information content (AvgIpc) is 3.15. The molecular formula is C17H24N2O2. The van der Waals surface area contributed by atoms with Crippen molar-refractivity contribution < 1.29 is 9.53 Å². The van der Waals surface area contributed by atoms with Crippen molar-refractivity contribution in [1.82, 2.24) is 10.2 Å². The van der Waals surface area contributed by atoms with Gasteiger partial charge >= 0.3 is 0 Å². The van der Waals surface area contributed by atoms with Crippen LogP contribution in [-0.4, -0.2) is 31.0 Å². The van der Waals surface area contributed by atoms with Crippen molar-refractivity contribution in [1.29, 1.82) is 0 Å². The predicted molar refractivity (Wildman–Crippen MR) is 82.0 cm³/mol. The summed E-state index contributed by atoms with van der Waals surface area (Å²) in [7, 11) is 1.67. The van der Waals surface area contributed by atoms with Crippen LogP contribution in [0.2, 0.25) is 0 Å². The largest absolute Gasteiger partial charge is 0.497 e. The molecule has 1 saturated heterocycles. The molecule has 0 spiro atoms. The van der Waals surface area contributed by atoms with Crippen molar-refractivity contribution in [2.45, 2.75) is 38.3 Å². The Balaban J connectivity index is 1.65. The topological polar surface area (TPSA) is 41.6 Å². The van der Waals surface area contributed by atoms with Crippen LogP contribution in [0.25, 0.3) is 0 Å². The van der Waals surface area contributed by atoms with E-state index in [1.54, 1.807) is 7.11 Å². The van der Waals surface area contributed by atoms with E-state index in [2.05, 4.69) is 5.32 Å². The third-order valence-corrected chi connectivity index (χ3v) is 4.76. The first-order valence-electron chi connectivity index (χ1n) is 7.95. The molecule has 2 fully saturated rings. The Morgan fingerprint density at radius 2 is 1.95 bits per heavy atom. The van der Waals surface area contributed by atoms with E-state index in [9.17, 15) is 4.79 Å². The number of rotatable bonds is 5. The van der Waals surface area contributed by atoms with Crippen LogP contribution < -0.4 is 10.1 Å². The summed E-state index contributed by atoms with van der Waals surface area (Å²) in [5.41, 5.74) is 1.13. The van der Waals surface area contributed by atoms with E-state index in [0.717, 1.165) is 30.2 Å². The van der Waals surface area contributed by atoms with Crippen molar-refractivity contribution in [3.63, 3.8) is 0 Å². The molecule has 1 heterocycles. The molecule has 21 heavy (non-hydrogen) atoms. The van der Waals surface area contributed by atoms with Gasteiger partial charge in [-0.25, -0.2) is 0 Å². The Kier molecular flexibility index (Phi) is 4.44. The smallest absolute Gasteiger partial charge is 0.238 e. The van der Waals surface area contributed by atoms with Gasteiger partial charge in [-0.15, -0.1) is 0 Å². The molecule has 1 saturated carbocycles. The van der Waals surface area contributed by atoms with E-state index in [0.29, 0.717) is 6.54 Å². The first-order chi connectivity index (χ1) is 10.3. The third-order valence-electron chi connectivity index (χ3n) is 4.76. The van der Waals surface area contributed by atoms with Gasteiger partial charge in [0, 0.05) is 6.54 Å². The lowest BCUT2D eigenvalue weighted by Crippen LogP contribution is -2.32. The number of hydrogen-bond acceptors (Lipinski definition) is 3. The SMILES string of the molecule is COc1ccc(C2NCC(=O)N2CCC2CCCC2)cc1. The fourth-order valence-corrected chi connectivity index (χ4v) is 3.50. The van der Waals surface area contributed by atoms with Gasteiger partial charge < -0.3 is 9.64 Å². The average molecular weight is 288 g/mol. The highest BCUT2D eigenvalue weighted by atomic mass is 16.5. The van der Waals surface area contributed by atoms with E-state index in [1.807, 2.05) is 29.2 Å². The van der Waals surface area contributed by atoms with E-state index >= 15 is 0 Å². The van der Waals surface area contributed by atoms with Crippen LogP contribution >= 0.6 is 0 Å². The zero-order chi connectivity index (χ0) is 14.7. The minimum absolute atomic E-state index is 0.0183. The van der Waals surface area contributed by atoms with Crippen molar-refractivity contribution in [3.05, 3.63) is 29.8 Å². The summed E-state index contributed by atoms with van der Waals surface area (Å²) in [6.45, 7) is 1.31. The molecular weight excluding hydrogens is 264 g/mol. The normalized spacial score (nSPS) is 23.0. The Morgan fingerprint density at radius 1 is 1.24 bits per heavy atom.